The molecule has 9 aromatic rings. The van der Waals surface area contributed by atoms with Gasteiger partial charge in [0.15, 0.2) is 0 Å². The number of para-hydroxylation sites is 2. The van der Waals surface area contributed by atoms with Crippen LogP contribution in [0.4, 0.5) is 17.1 Å². The van der Waals surface area contributed by atoms with Crippen LogP contribution in [0.15, 0.2) is 200 Å². The van der Waals surface area contributed by atoms with E-state index in [2.05, 4.69) is 217 Å². The second-order valence-corrected chi connectivity index (χ2v) is 13.1. The van der Waals surface area contributed by atoms with Gasteiger partial charge >= 0.3 is 0 Å². The molecule has 1 heterocycles. The lowest BCUT2D eigenvalue weighted by molar-refractivity contribution is 1.18. The van der Waals surface area contributed by atoms with Gasteiger partial charge in [-0.1, -0.05) is 157 Å². The predicted molar refractivity (Wildman–Crippen MR) is 217 cm³/mol. The van der Waals surface area contributed by atoms with Gasteiger partial charge in [0.05, 0.1) is 22.4 Å². The Morgan fingerprint density at radius 1 is 0.373 bits per heavy atom. The standard InChI is InChI=1S/C49H36N2/c1-35-23-25-37(26-24-35)39-29-33-42(34-30-39)50(41-31-27-38(28-32-41)36-13-4-2-5-14-36)47-21-12-22-48-49(47)44-18-9-11-20-46(44)51(48)45-19-10-8-17-43(45)40-15-6-3-7-16-40/h2-34H,1H3. The zero-order valence-electron chi connectivity index (χ0n) is 28.4. The third kappa shape index (κ3) is 5.57. The first-order valence-electron chi connectivity index (χ1n) is 17.5. The van der Waals surface area contributed by atoms with Gasteiger partial charge in [0, 0.05) is 27.7 Å². The molecule has 0 radical (unpaired) electrons. The van der Waals surface area contributed by atoms with E-state index < -0.39 is 0 Å². The fraction of sp³-hybridized carbons (Fsp3) is 0.0204. The highest BCUT2D eigenvalue weighted by Crippen LogP contribution is 2.45. The Bertz CT molecular complexity index is 2600. The third-order valence-corrected chi connectivity index (χ3v) is 9.89. The zero-order valence-corrected chi connectivity index (χ0v) is 28.4. The Morgan fingerprint density at radius 2 is 0.863 bits per heavy atom. The van der Waals surface area contributed by atoms with E-state index in [-0.39, 0.29) is 0 Å². The number of fused-ring (bicyclic) bond motifs is 3. The van der Waals surface area contributed by atoms with Crippen LogP contribution < -0.4 is 4.90 Å². The quantitative estimate of drug-likeness (QED) is 0.166. The summed E-state index contributed by atoms with van der Waals surface area (Å²) in [6.07, 6.45) is 0. The second-order valence-electron chi connectivity index (χ2n) is 13.1. The molecular weight excluding hydrogens is 617 g/mol. The van der Waals surface area contributed by atoms with Crippen LogP contribution in [0.2, 0.25) is 0 Å². The van der Waals surface area contributed by atoms with Gasteiger partial charge in [-0.15, -0.1) is 0 Å². The van der Waals surface area contributed by atoms with Crippen molar-refractivity contribution in [2.45, 2.75) is 6.92 Å². The summed E-state index contributed by atoms with van der Waals surface area (Å²) in [5.41, 5.74) is 15.3. The molecule has 0 aliphatic heterocycles. The summed E-state index contributed by atoms with van der Waals surface area (Å²) < 4.78 is 2.44. The molecule has 0 spiro atoms. The molecule has 9 rings (SSSR count). The first-order chi connectivity index (χ1) is 25.2. The van der Waals surface area contributed by atoms with Crippen molar-refractivity contribution in [2.24, 2.45) is 0 Å². The first-order valence-corrected chi connectivity index (χ1v) is 17.5. The van der Waals surface area contributed by atoms with Crippen molar-refractivity contribution in [3.63, 3.8) is 0 Å². The van der Waals surface area contributed by atoms with E-state index in [4.69, 9.17) is 0 Å². The highest BCUT2D eigenvalue weighted by molar-refractivity contribution is 6.17. The molecule has 0 saturated carbocycles. The maximum atomic E-state index is 2.44. The van der Waals surface area contributed by atoms with Crippen molar-refractivity contribution in [2.75, 3.05) is 4.90 Å². The molecule has 0 unspecified atom stereocenters. The minimum atomic E-state index is 1.10. The van der Waals surface area contributed by atoms with E-state index in [9.17, 15) is 0 Å². The number of aryl methyl sites for hydroxylation is 1. The van der Waals surface area contributed by atoms with Crippen LogP contribution in [0, 0.1) is 6.92 Å². The van der Waals surface area contributed by atoms with Crippen molar-refractivity contribution in [3.8, 4) is 39.1 Å². The van der Waals surface area contributed by atoms with Gasteiger partial charge in [0.2, 0.25) is 0 Å². The molecule has 0 aliphatic rings. The van der Waals surface area contributed by atoms with Gasteiger partial charge in [-0.05, 0) is 83.3 Å². The number of benzene rings is 8. The molecule has 8 aromatic carbocycles. The number of rotatable bonds is 7. The maximum absolute atomic E-state index is 2.44. The monoisotopic (exact) mass is 652 g/mol. The SMILES string of the molecule is Cc1ccc(-c2ccc(N(c3ccc(-c4ccccc4)cc3)c3cccc4c3c3ccccc3n4-c3ccccc3-c3ccccc3)cc2)cc1. The van der Waals surface area contributed by atoms with Gasteiger partial charge in [0.1, 0.15) is 0 Å². The normalized spacial score (nSPS) is 11.2. The van der Waals surface area contributed by atoms with Crippen LogP contribution in [-0.2, 0) is 0 Å². The highest BCUT2D eigenvalue weighted by atomic mass is 15.1. The average molecular weight is 653 g/mol. The Balaban J connectivity index is 1.26. The number of hydrogen-bond acceptors (Lipinski definition) is 1. The van der Waals surface area contributed by atoms with Gasteiger partial charge in [-0.2, -0.15) is 0 Å². The summed E-state index contributed by atoms with van der Waals surface area (Å²) in [6, 6.07) is 72.3. The fourth-order valence-corrected chi connectivity index (χ4v) is 7.39. The molecule has 0 fully saturated rings. The molecule has 1 aromatic heterocycles. The Hall–Kier alpha value is -6.64. The molecule has 0 saturated heterocycles. The molecule has 0 N–H and O–H groups in total. The number of aromatic nitrogens is 1. The minimum absolute atomic E-state index is 1.10. The van der Waals surface area contributed by atoms with E-state index in [1.807, 2.05) is 0 Å². The summed E-state index contributed by atoms with van der Waals surface area (Å²) in [4.78, 5) is 2.41. The van der Waals surface area contributed by atoms with Gasteiger partial charge in [-0.3, -0.25) is 0 Å². The third-order valence-electron chi connectivity index (χ3n) is 9.89. The Kier molecular flexibility index (Phi) is 7.75. The van der Waals surface area contributed by atoms with Crippen LogP contribution in [0.1, 0.15) is 5.56 Å². The molecule has 0 bridgehead atoms. The van der Waals surface area contributed by atoms with E-state index >= 15 is 0 Å². The van der Waals surface area contributed by atoms with Crippen LogP contribution in [0.3, 0.4) is 0 Å². The van der Waals surface area contributed by atoms with E-state index in [1.54, 1.807) is 0 Å². The predicted octanol–water partition coefficient (Wildman–Crippen LogP) is 13.6. The lowest BCUT2D eigenvalue weighted by atomic mass is 10.0. The van der Waals surface area contributed by atoms with Crippen LogP contribution >= 0.6 is 0 Å². The minimum Gasteiger partial charge on any atom is -0.310 e. The number of hydrogen-bond donors (Lipinski definition) is 0. The van der Waals surface area contributed by atoms with Crippen molar-refractivity contribution in [1.29, 1.82) is 0 Å². The topological polar surface area (TPSA) is 8.17 Å². The van der Waals surface area contributed by atoms with Crippen molar-refractivity contribution in [1.82, 2.24) is 4.57 Å². The lowest BCUT2D eigenvalue weighted by Gasteiger charge is -2.27. The summed E-state index contributed by atoms with van der Waals surface area (Å²) in [6.45, 7) is 2.13. The Labute approximate surface area is 299 Å². The number of nitrogens with zero attached hydrogens (tertiary/aromatic N) is 2. The smallest absolute Gasteiger partial charge is 0.0562 e. The van der Waals surface area contributed by atoms with Crippen molar-refractivity contribution < 1.29 is 0 Å². The van der Waals surface area contributed by atoms with E-state index in [0.29, 0.717) is 0 Å². The average Bonchev–Trinajstić information content (AvgIpc) is 3.54. The van der Waals surface area contributed by atoms with Gasteiger partial charge in [-0.25, -0.2) is 0 Å². The molecule has 0 aliphatic carbocycles. The summed E-state index contributed by atoms with van der Waals surface area (Å²) >= 11 is 0. The number of anilines is 3. The molecule has 0 atom stereocenters. The summed E-state index contributed by atoms with van der Waals surface area (Å²) in [5, 5.41) is 2.43. The van der Waals surface area contributed by atoms with Gasteiger partial charge < -0.3 is 9.47 Å². The molecule has 51 heavy (non-hydrogen) atoms. The summed E-state index contributed by atoms with van der Waals surface area (Å²) in [5.74, 6) is 0. The lowest BCUT2D eigenvalue weighted by Crippen LogP contribution is -2.10. The largest absolute Gasteiger partial charge is 0.310 e. The van der Waals surface area contributed by atoms with Gasteiger partial charge in [0.25, 0.3) is 0 Å². The maximum Gasteiger partial charge on any atom is 0.0562 e. The van der Waals surface area contributed by atoms with E-state index in [1.165, 1.54) is 60.8 Å². The molecule has 2 nitrogen and oxygen atoms in total. The first kappa shape index (κ1) is 30.4. The molecular formula is C49H36N2. The van der Waals surface area contributed by atoms with E-state index in [0.717, 1.165) is 22.7 Å². The molecule has 2 heteroatoms. The van der Waals surface area contributed by atoms with Crippen molar-refractivity contribution >= 4 is 38.9 Å². The van der Waals surface area contributed by atoms with Crippen LogP contribution in [0.25, 0.3) is 60.9 Å². The summed E-state index contributed by atoms with van der Waals surface area (Å²) in [7, 11) is 0. The highest BCUT2D eigenvalue weighted by Gasteiger charge is 2.22. The molecule has 242 valence electrons. The Morgan fingerprint density at radius 3 is 1.51 bits per heavy atom. The fourth-order valence-electron chi connectivity index (χ4n) is 7.39. The zero-order chi connectivity index (χ0) is 34.1. The second kappa shape index (κ2) is 13.0. The van der Waals surface area contributed by atoms with Crippen LogP contribution in [0.5, 0.6) is 0 Å². The van der Waals surface area contributed by atoms with Crippen molar-refractivity contribution in [3.05, 3.63) is 206 Å². The van der Waals surface area contributed by atoms with Crippen LogP contribution in [-0.4, -0.2) is 4.57 Å². The molecule has 0 amide bonds.